The minimum absolute atomic E-state index is 0.120. The molecule has 2 aromatic carbocycles. The van der Waals surface area contributed by atoms with E-state index in [0.29, 0.717) is 16.9 Å². The highest BCUT2D eigenvalue weighted by molar-refractivity contribution is 6.25. The molecule has 1 aliphatic heterocycles. The van der Waals surface area contributed by atoms with Crippen molar-refractivity contribution in [1.82, 2.24) is 0 Å². The fraction of sp³-hybridized carbons (Fsp3) is 0.375. The predicted molar refractivity (Wildman–Crippen MR) is 117 cm³/mol. The third kappa shape index (κ3) is 4.09. The zero-order chi connectivity index (χ0) is 21.6. The van der Waals surface area contributed by atoms with Crippen molar-refractivity contribution in [2.24, 2.45) is 10.9 Å². The second-order valence-corrected chi connectivity index (χ2v) is 9.54. The number of nitrogens with one attached hydrogen (secondary N) is 1. The van der Waals surface area contributed by atoms with E-state index < -0.39 is 11.8 Å². The van der Waals surface area contributed by atoms with E-state index >= 15 is 0 Å². The maximum Gasteiger partial charge on any atom is 0.240 e. The number of aromatic hydroxyl groups is 1. The smallest absolute Gasteiger partial charge is 0.240 e. The molecule has 0 fully saturated rings. The second kappa shape index (κ2) is 7.14. The van der Waals surface area contributed by atoms with Gasteiger partial charge >= 0.3 is 0 Å². The van der Waals surface area contributed by atoms with E-state index in [1.807, 2.05) is 47.6 Å². The summed E-state index contributed by atoms with van der Waals surface area (Å²) >= 11 is 0. The van der Waals surface area contributed by atoms with E-state index in [-0.39, 0.29) is 22.4 Å². The molecule has 0 bridgehead atoms. The summed E-state index contributed by atoms with van der Waals surface area (Å²) in [4.78, 5) is 30.0. The topological polar surface area (TPSA) is 78.8 Å². The first kappa shape index (κ1) is 20.8. The Balaban J connectivity index is 1.97. The molecule has 0 saturated heterocycles. The van der Waals surface area contributed by atoms with Gasteiger partial charge in [0.1, 0.15) is 11.7 Å². The molecule has 1 unspecified atom stereocenters. The number of anilines is 1. The summed E-state index contributed by atoms with van der Waals surface area (Å²) in [6.45, 7) is 12.2. The second-order valence-electron chi connectivity index (χ2n) is 9.54. The Kier molecular flexibility index (Phi) is 5.11. The largest absolute Gasteiger partial charge is 0.508 e. The number of Topliss-reactive ketones (excluding diaryl/α,β-unsaturated/α-hetero) is 1. The van der Waals surface area contributed by atoms with Crippen LogP contribution in [0.15, 0.2) is 41.4 Å². The van der Waals surface area contributed by atoms with Crippen LogP contribution in [-0.2, 0) is 15.6 Å². The number of rotatable bonds is 2. The summed E-state index contributed by atoms with van der Waals surface area (Å²) < 4.78 is 0. The first-order chi connectivity index (χ1) is 13.4. The lowest BCUT2D eigenvalue weighted by Crippen LogP contribution is -2.33. The Morgan fingerprint density at radius 2 is 1.62 bits per heavy atom. The zero-order valence-corrected chi connectivity index (χ0v) is 17.8. The van der Waals surface area contributed by atoms with Crippen molar-refractivity contribution < 1.29 is 14.7 Å². The third-order valence-corrected chi connectivity index (χ3v) is 5.11. The average molecular weight is 392 g/mol. The summed E-state index contributed by atoms with van der Waals surface area (Å²) in [7, 11) is 0. The number of para-hydroxylation sites is 1. The number of hydrogen-bond acceptors (Lipinski definition) is 4. The quantitative estimate of drug-likeness (QED) is 0.695. The molecule has 0 spiro atoms. The standard InChI is InChI=1S/C24H28N2O3/c1-23(2,3)16-11-17(24(4,5)6)20(27)12-19(16)26-22(29)15-13-25-18-10-8-7-9-14(18)21(15)28/h7-13,15,27H,1-6H3,(H,26,29). The van der Waals surface area contributed by atoms with Gasteiger partial charge in [-0.1, -0.05) is 53.7 Å². The molecular weight excluding hydrogens is 364 g/mol. The number of phenols is 1. The van der Waals surface area contributed by atoms with Crippen LogP contribution in [0, 0.1) is 5.92 Å². The molecule has 1 atom stereocenters. The van der Waals surface area contributed by atoms with Crippen molar-refractivity contribution in [3.63, 3.8) is 0 Å². The van der Waals surface area contributed by atoms with Crippen LogP contribution in [0.4, 0.5) is 11.4 Å². The number of hydrogen-bond donors (Lipinski definition) is 2. The number of ketones is 1. The lowest BCUT2D eigenvalue weighted by molar-refractivity contribution is -0.116. The molecule has 1 heterocycles. The fourth-order valence-electron chi connectivity index (χ4n) is 3.49. The van der Waals surface area contributed by atoms with Crippen LogP contribution in [0.2, 0.25) is 0 Å². The van der Waals surface area contributed by atoms with Crippen molar-refractivity contribution in [3.8, 4) is 5.75 Å². The number of fused-ring (bicyclic) bond motifs is 1. The number of phenolic OH excluding ortho intramolecular Hbond substituents is 1. The van der Waals surface area contributed by atoms with Gasteiger partial charge in [-0.25, -0.2) is 0 Å². The van der Waals surface area contributed by atoms with Gasteiger partial charge < -0.3 is 10.4 Å². The van der Waals surface area contributed by atoms with Crippen LogP contribution in [0.1, 0.15) is 63.0 Å². The molecule has 0 aromatic heterocycles. The van der Waals surface area contributed by atoms with Gasteiger partial charge in [0.25, 0.3) is 0 Å². The molecule has 1 aliphatic rings. The number of amides is 1. The third-order valence-electron chi connectivity index (χ3n) is 5.11. The monoisotopic (exact) mass is 392 g/mol. The number of nitrogens with zero attached hydrogens (tertiary/aromatic N) is 1. The van der Waals surface area contributed by atoms with E-state index in [9.17, 15) is 14.7 Å². The predicted octanol–water partition coefficient (Wildman–Crippen LogP) is 5.14. The Morgan fingerprint density at radius 3 is 2.24 bits per heavy atom. The molecule has 5 heteroatoms. The van der Waals surface area contributed by atoms with Gasteiger partial charge in [0.05, 0.1) is 5.69 Å². The number of aliphatic imine (C=N–C) groups is 1. The van der Waals surface area contributed by atoms with Crippen molar-refractivity contribution >= 4 is 29.3 Å². The molecule has 152 valence electrons. The van der Waals surface area contributed by atoms with Crippen LogP contribution < -0.4 is 5.32 Å². The molecule has 5 nitrogen and oxygen atoms in total. The SMILES string of the molecule is CC(C)(C)c1cc(C(C)(C)C)c(NC(=O)C2C=Nc3ccccc3C2=O)cc1O. The molecule has 2 aromatic rings. The van der Waals surface area contributed by atoms with Gasteiger partial charge in [0, 0.05) is 23.5 Å². The lowest BCUT2D eigenvalue weighted by atomic mass is 9.79. The van der Waals surface area contributed by atoms with Gasteiger partial charge in [-0.2, -0.15) is 0 Å². The molecule has 2 N–H and O–H groups in total. The minimum atomic E-state index is -0.998. The van der Waals surface area contributed by atoms with Crippen LogP contribution in [0.25, 0.3) is 0 Å². The van der Waals surface area contributed by atoms with Crippen molar-refractivity contribution in [2.75, 3.05) is 5.32 Å². The summed E-state index contributed by atoms with van der Waals surface area (Å²) in [5.74, 6) is -1.61. The molecule has 0 aliphatic carbocycles. The first-order valence-electron chi connectivity index (χ1n) is 9.76. The fourth-order valence-corrected chi connectivity index (χ4v) is 3.49. The van der Waals surface area contributed by atoms with E-state index in [0.717, 1.165) is 11.1 Å². The summed E-state index contributed by atoms with van der Waals surface area (Å²) in [6, 6.07) is 10.5. The zero-order valence-electron chi connectivity index (χ0n) is 17.8. The highest BCUT2D eigenvalue weighted by atomic mass is 16.3. The van der Waals surface area contributed by atoms with E-state index in [2.05, 4.69) is 10.3 Å². The van der Waals surface area contributed by atoms with Crippen LogP contribution in [0.5, 0.6) is 5.75 Å². The Morgan fingerprint density at radius 1 is 1.00 bits per heavy atom. The van der Waals surface area contributed by atoms with Crippen LogP contribution in [0.3, 0.4) is 0 Å². The highest BCUT2D eigenvalue weighted by Crippen LogP contribution is 2.40. The van der Waals surface area contributed by atoms with Gasteiger partial charge in [0.15, 0.2) is 5.78 Å². The van der Waals surface area contributed by atoms with Crippen LogP contribution in [-0.4, -0.2) is 23.0 Å². The van der Waals surface area contributed by atoms with Gasteiger partial charge in [-0.3, -0.25) is 14.6 Å². The number of carbonyl (C=O) groups is 2. The van der Waals surface area contributed by atoms with Crippen molar-refractivity contribution in [1.29, 1.82) is 0 Å². The molecular formula is C24H28N2O3. The van der Waals surface area contributed by atoms with E-state index in [1.165, 1.54) is 6.21 Å². The van der Waals surface area contributed by atoms with Crippen LogP contribution >= 0.6 is 0 Å². The maximum absolute atomic E-state index is 13.0. The normalized spacial score (nSPS) is 16.5. The number of benzene rings is 2. The molecule has 29 heavy (non-hydrogen) atoms. The molecule has 0 radical (unpaired) electrons. The van der Waals surface area contributed by atoms with Crippen molar-refractivity contribution in [2.45, 2.75) is 52.4 Å². The first-order valence-corrected chi connectivity index (χ1v) is 9.76. The Bertz CT molecular complexity index is 1010. The summed E-state index contributed by atoms with van der Waals surface area (Å²) in [6.07, 6.45) is 1.39. The summed E-state index contributed by atoms with van der Waals surface area (Å²) in [5, 5.41) is 13.4. The van der Waals surface area contributed by atoms with Gasteiger partial charge in [-0.05, 0) is 40.2 Å². The molecule has 0 saturated carbocycles. The molecule has 1 amide bonds. The number of carbonyl (C=O) groups excluding carboxylic acids is 2. The maximum atomic E-state index is 13.0. The minimum Gasteiger partial charge on any atom is -0.508 e. The average Bonchev–Trinajstić information content (AvgIpc) is 2.60. The Hall–Kier alpha value is -2.95. The molecule has 3 rings (SSSR count). The van der Waals surface area contributed by atoms with Gasteiger partial charge in [-0.15, -0.1) is 0 Å². The van der Waals surface area contributed by atoms with E-state index in [1.54, 1.807) is 30.3 Å². The summed E-state index contributed by atoms with van der Waals surface area (Å²) in [5.41, 5.74) is 2.71. The van der Waals surface area contributed by atoms with Gasteiger partial charge in [0.2, 0.25) is 5.91 Å². The lowest BCUT2D eigenvalue weighted by Gasteiger charge is -2.29. The van der Waals surface area contributed by atoms with E-state index in [4.69, 9.17) is 0 Å². The highest BCUT2D eigenvalue weighted by Gasteiger charge is 2.32. The Labute approximate surface area is 171 Å². The van der Waals surface area contributed by atoms with Crippen molar-refractivity contribution in [3.05, 3.63) is 53.1 Å².